The molecule has 0 saturated carbocycles. The highest BCUT2D eigenvalue weighted by Gasteiger charge is 2.37. The predicted molar refractivity (Wildman–Crippen MR) is 129 cm³/mol. The Morgan fingerprint density at radius 1 is 0.971 bits per heavy atom. The minimum atomic E-state index is -3.35. The molecule has 3 aromatic carbocycles. The van der Waals surface area contributed by atoms with Crippen molar-refractivity contribution in [3.05, 3.63) is 94.5 Å². The molecule has 0 fully saturated rings. The summed E-state index contributed by atoms with van der Waals surface area (Å²) in [6, 6.07) is 17.7. The van der Waals surface area contributed by atoms with Crippen LogP contribution < -0.4 is 10.2 Å². The molecule has 1 atom stereocenters. The van der Waals surface area contributed by atoms with Crippen LogP contribution in [0.5, 0.6) is 0 Å². The Morgan fingerprint density at radius 3 is 2.15 bits per heavy atom. The van der Waals surface area contributed by atoms with Crippen LogP contribution in [0.1, 0.15) is 39.5 Å². The maximum absolute atomic E-state index is 13.9. The summed E-state index contributed by atoms with van der Waals surface area (Å²) in [6.45, 7) is 5.04. The number of carbonyl (C=O) groups is 2. The number of aliphatic hydroxyl groups excluding tert-OH is 1. The molecule has 0 spiro atoms. The summed E-state index contributed by atoms with van der Waals surface area (Å²) in [4.78, 5) is 26.8. The standard InChI is InChI=1S/C27H28F2N2O3/c1-17-5-14-24(15-18(17)2)31(4)26(34)21-8-12-23(13-9-21)30-25(33)16-20-6-10-22(11-7-20)27(28,29)19(3)32/h5-15,19,32H,16H2,1-4H3,(H,30,33)/t19-/m0/s1. The van der Waals surface area contributed by atoms with Crippen LogP contribution in [-0.2, 0) is 17.1 Å². The Bertz CT molecular complexity index is 1170. The molecule has 0 aliphatic carbocycles. The van der Waals surface area contributed by atoms with E-state index >= 15 is 0 Å². The lowest BCUT2D eigenvalue weighted by Gasteiger charge is -2.19. The van der Waals surface area contributed by atoms with Gasteiger partial charge in [-0.25, -0.2) is 0 Å². The molecule has 7 heteroatoms. The quantitative estimate of drug-likeness (QED) is 0.501. The first-order valence-electron chi connectivity index (χ1n) is 10.9. The zero-order valence-electron chi connectivity index (χ0n) is 19.6. The Morgan fingerprint density at radius 2 is 1.59 bits per heavy atom. The third-order valence-electron chi connectivity index (χ3n) is 5.83. The van der Waals surface area contributed by atoms with E-state index in [1.165, 1.54) is 24.3 Å². The Hall–Kier alpha value is -3.58. The zero-order valence-corrected chi connectivity index (χ0v) is 19.6. The van der Waals surface area contributed by atoms with Crippen molar-refractivity contribution >= 4 is 23.2 Å². The molecule has 0 unspecified atom stereocenters. The average molecular weight is 467 g/mol. The number of benzene rings is 3. The fourth-order valence-electron chi connectivity index (χ4n) is 3.42. The Balaban J connectivity index is 1.61. The molecule has 34 heavy (non-hydrogen) atoms. The van der Waals surface area contributed by atoms with E-state index in [1.54, 1.807) is 36.2 Å². The second-order valence-electron chi connectivity index (χ2n) is 8.43. The maximum Gasteiger partial charge on any atom is 0.298 e. The van der Waals surface area contributed by atoms with Crippen molar-refractivity contribution in [3.63, 3.8) is 0 Å². The van der Waals surface area contributed by atoms with E-state index in [1.807, 2.05) is 32.0 Å². The average Bonchev–Trinajstić information content (AvgIpc) is 2.80. The minimum Gasteiger partial charge on any atom is -0.387 e. The second-order valence-corrected chi connectivity index (χ2v) is 8.43. The number of carbonyl (C=O) groups excluding carboxylic acids is 2. The molecule has 0 bridgehead atoms. The van der Waals surface area contributed by atoms with E-state index in [0.717, 1.165) is 23.7 Å². The lowest BCUT2D eigenvalue weighted by atomic mass is 10.0. The fourth-order valence-corrected chi connectivity index (χ4v) is 3.42. The molecular formula is C27H28F2N2O3. The SMILES string of the molecule is Cc1ccc(N(C)C(=O)c2ccc(NC(=O)Cc3ccc(C(F)(F)[C@H](C)O)cc3)cc2)cc1C. The summed E-state index contributed by atoms with van der Waals surface area (Å²) in [5, 5.41) is 12.0. The summed E-state index contributed by atoms with van der Waals surface area (Å²) in [7, 11) is 1.71. The number of alkyl halides is 2. The first-order valence-corrected chi connectivity index (χ1v) is 10.9. The van der Waals surface area contributed by atoms with Crippen LogP contribution in [0.15, 0.2) is 66.7 Å². The van der Waals surface area contributed by atoms with Gasteiger partial charge >= 0.3 is 0 Å². The van der Waals surface area contributed by atoms with Crippen molar-refractivity contribution < 1.29 is 23.5 Å². The summed E-state index contributed by atoms with van der Waals surface area (Å²) in [5.41, 5.74) is 4.30. The van der Waals surface area contributed by atoms with Gasteiger partial charge in [-0.15, -0.1) is 0 Å². The summed E-state index contributed by atoms with van der Waals surface area (Å²) in [5.74, 6) is -3.84. The fraction of sp³-hybridized carbons (Fsp3) is 0.259. The minimum absolute atomic E-state index is 0.00325. The van der Waals surface area contributed by atoms with Crippen molar-refractivity contribution in [2.75, 3.05) is 17.3 Å². The third kappa shape index (κ3) is 5.66. The van der Waals surface area contributed by atoms with Gasteiger partial charge in [0.15, 0.2) is 0 Å². The predicted octanol–water partition coefficient (Wildman–Crippen LogP) is 5.23. The van der Waals surface area contributed by atoms with Gasteiger partial charge in [-0.3, -0.25) is 9.59 Å². The number of hydrogen-bond acceptors (Lipinski definition) is 3. The Labute approximate surface area is 198 Å². The molecule has 5 nitrogen and oxygen atoms in total. The summed E-state index contributed by atoms with van der Waals surface area (Å²) < 4.78 is 27.7. The molecule has 0 aromatic heterocycles. The molecule has 2 N–H and O–H groups in total. The van der Waals surface area contributed by atoms with Crippen LogP contribution in [0.25, 0.3) is 0 Å². The van der Waals surface area contributed by atoms with Crippen LogP contribution in [-0.4, -0.2) is 30.1 Å². The third-order valence-corrected chi connectivity index (χ3v) is 5.83. The van der Waals surface area contributed by atoms with Crippen LogP contribution >= 0.6 is 0 Å². The molecule has 3 rings (SSSR count). The second kappa shape index (κ2) is 10.1. The van der Waals surface area contributed by atoms with E-state index in [9.17, 15) is 23.5 Å². The number of amides is 2. The van der Waals surface area contributed by atoms with Crippen LogP contribution in [0.2, 0.25) is 0 Å². The molecule has 0 radical (unpaired) electrons. The van der Waals surface area contributed by atoms with Gasteiger partial charge in [-0.05, 0) is 73.9 Å². The van der Waals surface area contributed by atoms with Gasteiger partial charge < -0.3 is 15.3 Å². The number of halogens is 2. The van der Waals surface area contributed by atoms with Crippen molar-refractivity contribution in [3.8, 4) is 0 Å². The molecule has 0 saturated heterocycles. The zero-order chi connectivity index (χ0) is 25.0. The molecule has 0 aliphatic rings. The van der Waals surface area contributed by atoms with Gasteiger partial charge in [0.05, 0.1) is 6.42 Å². The van der Waals surface area contributed by atoms with E-state index < -0.39 is 12.0 Å². The lowest BCUT2D eigenvalue weighted by molar-refractivity contribution is -0.115. The highest BCUT2D eigenvalue weighted by atomic mass is 19.3. The number of aryl methyl sites for hydroxylation is 2. The molecule has 0 heterocycles. The number of nitrogens with zero attached hydrogens (tertiary/aromatic N) is 1. The first-order chi connectivity index (χ1) is 16.0. The smallest absolute Gasteiger partial charge is 0.298 e. The number of nitrogens with one attached hydrogen (secondary N) is 1. The lowest BCUT2D eigenvalue weighted by Crippen LogP contribution is -2.27. The Kier molecular flexibility index (Phi) is 7.47. The summed E-state index contributed by atoms with van der Waals surface area (Å²) >= 11 is 0. The van der Waals surface area contributed by atoms with E-state index in [2.05, 4.69) is 5.32 Å². The maximum atomic E-state index is 13.9. The molecule has 2 amide bonds. The summed E-state index contributed by atoms with van der Waals surface area (Å²) in [6.07, 6.45) is -1.81. The highest BCUT2D eigenvalue weighted by Crippen LogP contribution is 2.31. The largest absolute Gasteiger partial charge is 0.387 e. The van der Waals surface area contributed by atoms with Gasteiger partial charge in [-0.2, -0.15) is 8.78 Å². The van der Waals surface area contributed by atoms with Crippen molar-refractivity contribution in [1.82, 2.24) is 0 Å². The van der Waals surface area contributed by atoms with Crippen LogP contribution in [0.3, 0.4) is 0 Å². The molecular weight excluding hydrogens is 438 g/mol. The number of aliphatic hydroxyl groups is 1. The monoisotopic (exact) mass is 466 g/mol. The molecule has 0 aliphatic heterocycles. The number of rotatable bonds is 7. The highest BCUT2D eigenvalue weighted by molar-refractivity contribution is 6.06. The number of anilines is 2. The van der Waals surface area contributed by atoms with Gasteiger partial charge in [0.2, 0.25) is 5.91 Å². The van der Waals surface area contributed by atoms with E-state index in [-0.39, 0.29) is 23.8 Å². The molecule has 178 valence electrons. The normalized spacial score (nSPS) is 12.2. The van der Waals surface area contributed by atoms with Gasteiger partial charge in [0.1, 0.15) is 6.10 Å². The van der Waals surface area contributed by atoms with Crippen molar-refractivity contribution in [2.24, 2.45) is 0 Å². The first kappa shape index (κ1) is 25.1. The van der Waals surface area contributed by atoms with Gasteiger partial charge in [0.25, 0.3) is 11.8 Å². The van der Waals surface area contributed by atoms with Gasteiger partial charge in [-0.1, -0.05) is 30.3 Å². The van der Waals surface area contributed by atoms with Crippen LogP contribution in [0.4, 0.5) is 20.2 Å². The molecule has 3 aromatic rings. The van der Waals surface area contributed by atoms with E-state index in [0.29, 0.717) is 16.8 Å². The van der Waals surface area contributed by atoms with Gasteiger partial charge in [0, 0.05) is 29.5 Å². The van der Waals surface area contributed by atoms with Crippen LogP contribution in [0, 0.1) is 13.8 Å². The van der Waals surface area contributed by atoms with Crippen molar-refractivity contribution in [1.29, 1.82) is 0 Å². The van der Waals surface area contributed by atoms with E-state index in [4.69, 9.17) is 0 Å². The number of hydrogen-bond donors (Lipinski definition) is 2. The van der Waals surface area contributed by atoms with Crippen molar-refractivity contribution in [2.45, 2.75) is 39.2 Å². The topological polar surface area (TPSA) is 69.6 Å².